The van der Waals surface area contributed by atoms with Crippen LogP contribution in [0, 0.1) is 12.7 Å². The molecule has 21 nitrogen and oxygen atoms in total. The minimum Gasteiger partial charge on any atom is -0.488 e. The highest BCUT2D eigenvalue weighted by molar-refractivity contribution is 8.07. The molecule has 5 amide bonds. The van der Waals surface area contributed by atoms with Crippen LogP contribution >= 0.6 is 6.72 Å². The molecule has 470 valence electrons. The van der Waals surface area contributed by atoms with Crippen molar-refractivity contribution < 1.29 is 69.6 Å². The molecular formula is C62H67F4N10O11PS. The van der Waals surface area contributed by atoms with Crippen molar-refractivity contribution in [3.63, 3.8) is 0 Å². The monoisotopic (exact) mass is 1270 g/mol. The molecule has 0 bridgehead atoms. The third-order valence-corrected chi connectivity index (χ3v) is 16.1. The normalized spacial score (nSPS) is 13.7. The van der Waals surface area contributed by atoms with E-state index in [0.717, 1.165) is 52.8 Å². The van der Waals surface area contributed by atoms with Gasteiger partial charge in [0.25, 0.3) is 5.91 Å². The van der Waals surface area contributed by atoms with Gasteiger partial charge >= 0.3 is 18.9 Å². The Hall–Kier alpha value is -8.33. The van der Waals surface area contributed by atoms with Crippen molar-refractivity contribution >= 4 is 88.1 Å². The Morgan fingerprint density at radius 3 is 2.28 bits per heavy atom. The molecule has 0 aliphatic carbocycles. The molecule has 0 saturated heterocycles. The molecule has 2 aliphatic rings. The summed E-state index contributed by atoms with van der Waals surface area (Å²) in [6.45, 7) is 0.355. The first kappa shape index (κ1) is 65.1. The molecule has 0 saturated carbocycles. The maximum Gasteiger partial charge on any atom is 0.416 e. The van der Waals surface area contributed by atoms with Crippen LogP contribution < -0.4 is 36.2 Å². The summed E-state index contributed by atoms with van der Waals surface area (Å²) in [7, 11) is 1.31. The Balaban J connectivity index is 0.699. The molecule has 7 N–H and O–H groups in total. The molecule has 7 aromatic rings. The van der Waals surface area contributed by atoms with Crippen molar-refractivity contribution in [3.8, 4) is 28.3 Å². The fourth-order valence-electron chi connectivity index (χ4n) is 9.82. The molecule has 5 aromatic carbocycles. The summed E-state index contributed by atoms with van der Waals surface area (Å²) in [5, 5.41) is 22.9. The van der Waals surface area contributed by atoms with Crippen molar-refractivity contribution in [3.05, 3.63) is 149 Å². The van der Waals surface area contributed by atoms with Crippen molar-refractivity contribution in [1.82, 2.24) is 25.3 Å². The lowest BCUT2D eigenvalue weighted by molar-refractivity contribution is -0.137. The number of halogens is 4. The highest BCUT2D eigenvalue weighted by atomic mass is 32.5. The largest absolute Gasteiger partial charge is 0.488 e. The van der Waals surface area contributed by atoms with Crippen LogP contribution in [0.25, 0.3) is 34.2 Å². The van der Waals surface area contributed by atoms with Gasteiger partial charge in [-0.25, -0.2) is 13.9 Å². The summed E-state index contributed by atoms with van der Waals surface area (Å²) in [4.78, 5) is 67.3. The average Bonchev–Trinajstić information content (AvgIpc) is 1.80. The number of para-hydroxylation sites is 1. The molecule has 2 aliphatic heterocycles. The van der Waals surface area contributed by atoms with Gasteiger partial charge in [0.15, 0.2) is 11.6 Å². The maximum atomic E-state index is 15.7. The van der Waals surface area contributed by atoms with E-state index in [4.69, 9.17) is 39.8 Å². The Morgan fingerprint density at radius 1 is 0.787 bits per heavy atom. The number of benzene rings is 5. The maximum absolute atomic E-state index is 15.7. The van der Waals surface area contributed by atoms with Crippen LogP contribution in [0.5, 0.6) is 5.75 Å². The number of aromatic nitrogens is 4. The zero-order chi connectivity index (χ0) is 62.9. The fraction of sp³-hybridized carbons (Fsp3) is 0.323. The molecule has 1 unspecified atom stereocenters. The molecular weight excluding hydrogens is 1200 g/mol. The first-order valence-corrected chi connectivity index (χ1v) is 31.3. The Kier molecular flexibility index (Phi) is 22.5. The van der Waals surface area contributed by atoms with Gasteiger partial charge in [-0.3, -0.25) is 14.4 Å². The number of nitrogens with one attached hydrogen (secondary N) is 6. The molecule has 0 fully saturated rings. The second-order valence-corrected chi connectivity index (χ2v) is 23.5. The van der Waals surface area contributed by atoms with Gasteiger partial charge in [0.05, 0.1) is 93.2 Å². The molecule has 27 heteroatoms. The number of unbranched alkanes of at least 4 members (excludes halogenated alkanes) is 3. The molecule has 0 spiro atoms. The number of hydrogen-bond donors (Lipinski definition) is 7. The van der Waals surface area contributed by atoms with Gasteiger partial charge < -0.3 is 69.4 Å². The topological polar surface area (TPSA) is 254 Å². The first-order valence-electron chi connectivity index (χ1n) is 28.7. The van der Waals surface area contributed by atoms with Gasteiger partial charge in [0.2, 0.25) is 11.8 Å². The fourth-order valence-corrected chi connectivity index (χ4v) is 10.5. The average molecular weight is 1270 g/mol. The third-order valence-electron chi connectivity index (χ3n) is 14.3. The lowest BCUT2D eigenvalue weighted by Crippen LogP contribution is -2.33. The second-order valence-electron chi connectivity index (χ2n) is 20.6. The number of hydrogen-bond acceptors (Lipinski definition) is 14. The highest BCUT2D eigenvalue weighted by Crippen LogP contribution is 2.44. The van der Waals surface area contributed by atoms with Crippen LogP contribution in [-0.2, 0) is 68.7 Å². The molecule has 2 aromatic heterocycles. The van der Waals surface area contributed by atoms with Crippen LogP contribution in [0.3, 0.4) is 0 Å². The van der Waals surface area contributed by atoms with E-state index in [1.165, 1.54) is 7.11 Å². The summed E-state index contributed by atoms with van der Waals surface area (Å²) in [6.07, 6.45) is 1.69. The number of rotatable bonds is 30. The number of ether oxygens (including phenoxy) is 4. The number of fused-ring (bicyclic) bond motifs is 6. The molecule has 9 rings (SSSR count). The molecule has 1 atom stereocenters. The van der Waals surface area contributed by atoms with E-state index in [2.05, 4.69) is 41.9 Å². The quantitative estimate of drug-likeness (QED) is 0.00957. The zero-order valence-corrected chi connectivity index (χ0v) is 50.5. The standard InChI is InChI=1S/C62H67F4N10O11PS/c1-40-17-18-45(37-50(40)69-44-19-20-47-49(36-43-13-11-24-67-43)60(79)71-51(47)38-44)70-61(80)72-52-34-42(62(64,65)66)35-54(57(52)63)86-33-32-85-31-30-84-29-28-83-27-25-76-59-48-15-7-8-16-53(48)75(39-41-12-5-6-14-46(41)58(59)73-74-76)56(78)22-21-55(77)68-23-9-3-4-10-26-87-88(81,89)82-2/h5-8,11-20,24,34-38,67,69H,3-4,9-10,21-23,25-33,39H2,1-2H3,(H,68,77)(H,71,79)(H,81,89)(H2,70,72,80)/b49-36-. The molecule has 4 heterocycles. The van der Waals surface area contributed by atoms with Gasteiger partial charge in [0.1, 0.15) is 12.3 Å². The number of carbonyl (C=O) groups excluding carboxylic acids is 4. The van der Waals surface area contributed by atoms with E-state index in [1.54, 1.807) is 58.3 Å². The van der Waals surface area contributed by atoms with Crippen molar-refractivity contribution in [1.29, 1.82) is 0 Å². The van der Waals surface area contributed by atoms with Gasteiger partial charge in [-0.05, 0) is 103 Å². The Morgan fingerprint density at radius 2 is 1.52 bits per heavy atom. The van der Waals surface area contributed by atoms with E-state index < -0.39 is 41.7 Å². The highest BCUT2D eigenvalue weighted by Gasteiger charge is 2.34. The Bertz CT molecular complexity index is 3720. The number of aryl methyl sites for hydroxylation is 1. The SMILES string of the molecule is COP(O)(=S)OCCCCCCNC(=O)CCC(=O)N1Cc2ccccc2-c2nnn(CCOCCOCCOCCOc3cc(C(F)(F)F)cc(NC(=O)Nc4ccc(C)c(Nc5ccc6c(c5)NC(=O)/C6=C\c5ccc[nH]5)c4)c3F)c2-c2ccccc21. The number of nitrogens with zero attached hydrogens (tertiary/aromatic N) is 4. The molecule has 89 heavy (non-hydrogen) atoms. The predicted molar refractivity (Wildman–Crippen MR) is 332 cm³/mol. The van der Waals surface area contributed by atoms with Crippen LogP contribution in [0.2, 0.25) is 0 Å². The van der Waals surface area contributed by atoms with Crippen molar-refractivity contribution in [2.75, 3.05) is 92.7 Å². The zero-order valence-electron chi connectivity index (χ0n) is 48.8. The number of carbonyl (C=O) groups is 4. The van der Waals surface area contributed by atoms with Gasteiger partial charge in [-0.15, -0.1) is 5.10 Å². The van der Waals surface area contributed by atoms with Gasteiger partial charge in [-0.2, -0.15) is 13.2 Å². The van der Waals surface area contributed by atoms with E-state index in [-0.39, 0.29) is 89.0 Å². The van der Waals surface area contributed by atoms with Crippen LogP contribution in [0.4, 0.5) is 56.5 Å². The number of anilines is 6. The van der Waals surface area contributed by atoms with E-state index in [0.29, 0.717) is 78.0 Å². The van der Waals surface area contributed by atoms with Crippen LogP contribution in [0.15, 0.2) is 115 Å². The lowest BCUT2D eigenvalue weighted by Gasteiger charge is -2.28. The number of aromatic amines is 1. The molecule has 0 radical (unpaired) electrons. The van der Waals surface area contributed by atoms with Crippen molar-refractivity contribution in [2.24, 2.45) is 0 Å². The van der Waals surface area contributed by atoms with E-state index in [9.17, 15) is 37.2 Å². The van der Waals surface area contributed by atoms with E-state index in [1.807, 2.05) is 67.6 Å². The third kappa shape index (κ3) is 17.7. The van der Waals surface area contributed by atoms with Gasteiger partial charge in [-0.1, -0.05) is 72.7 Å². The van der Waals surface area contributed by atoms with E-state index >= 15 is 4.39 Å². The predicted octanol–water partition coefficient (Wildman–Crippen LogP) is 11.6. The Labute approximate surface area is 515 Å². The summed E-state index contributed by atoms with van der Waals surface area (Å²) in [6, 6.07) is 29.0. The first-order chi connectivity index (χ1) is 42.9. The number of amides is 5. The summed E-state index contributed by atoms with van der Waals surface area (Å²) in [5.74, 6) is -2.68. The summed E-state index contributed by atoms with van der Waals surface area (Å²) in [5.41, 5.74) is 7.17. The minimum absolute atomic E-state index is 0.0107. The van der Waals surface area contributed by atoms with Crippen molar-refractivity contribution in [2.45, 2.75) is 64.7 Å². The van der Waals surface area contributed by atoms with Crippen LogP contribution in [-0.4, -0.2) is 115 Å². The van der Waals surface area contributed by atoms with Gasteiger partial charge in [0, 0.05) is 72.1 Å². The second kappa shape index (κ2) is 30.7. The minimum atomic E-state index is -4.91. The number of alkyl halides is 3. The lowest BCUT2D eigenvalue weighted by atomic mass is 9.95. The number of urea groups is 1. The summed E-state index contributed by atoms with van der Waals surface area (Å²) >= 11 is 4.83. The smallest absolute Gasteiger partial charge is 0.416 e. The van der Waals surface area contributed by atoms with Crippen LogP contribution in [0.1, 0.15) is 66.5 Å². The summed E-state index contributed by atoms with van der Waals surface area (Å²) < 4.78 is 92.0. The number of H-pyrrole nitrogens is 1.